The smallest absolute Gasteiger partial charge is 0.405 e. The standard InChI is InChI=1S/C28H33N7O4/c1-5-10-30-23-20(15-29)14-21(16-31-23)25-33-24(34-39-25)19-7-6-17-8-11-35(12-9-18(17)13-19)26(36)22(28(2,3)4)32-27(37)38/h6-7,13-14,16,22,32H,5,8-12H2,1-4H3,(H,30,31)(H,37,38). The van der Waals surface area contributed by atoms with Crippen molar-refractivity contribution in [1.82, 2.24) is 25.3 Å². The molecule has 0 spiro atoms. The molecule has 1 atom stereocenters. The minimum atomic E-state index is -1.21. The fourth-order valence-corrected chi connectivity index (χ4v) is 4.55. The van der Waals surface area contributed by atoms with Gasteiger partial charge in [0.05, 0.1) is 11.1 Å². The molecule has 11 heteroatoms. The summed E-state index contributed by atoms with van der Waals surface area (Å²) in [7, 11) is 0. The molecule has 204 valence electrons. The average Bonchev–Trinajstić information content (AvgIpc) is 3.30. The summed E-state index contributed by atoms with van der Waals surface area (Å²) in [6, 6.07) is 8.93. The van der Waals surface area contributed by atoms with Crippen LogP contribution in [0.1, 0.15) is 50.8 Å². The van der Waals surface area contributed by atoms with Crippen LogP contribution in [0.2, 0.25) is 0 Å². The normalized spacial score (nSPS) is 14.1. The fourth-order valence-electron chi connectivity index (χ4n) is 4.55. The van der Waals surface area contributed by atoms with E-state index in [4.69, 9.17) is 4.52 Å². The molecule has 4 rings (SSSR count). The van der Waals surface area contributed by atoms with E-state index < -0.39 is 17.6 Å². The lowest BCUT2D eigenvalue weighted by Crippen LogP contribution is -2.54. The molecule has 11 nitrogen and oxygen atoms in total. The van der Waals surface area contributed by atoms with Crippen molar-refractivity contribution in [3.05, 3.63) is 47.2 Å². The summed E-state index contributed by atoms with van der Waals surface area (Å²) >= 11 is 0. The molecule has 3 N–H and O–H groups in total. The maximum atomic E-state index is 13.3. The van der Waals surface area contributed by atoms with E-state index in [0.29, 0.717) is 55.2 Å². The van der Waals surface area contributed by atoms with Gasteiger partial charge in [-0.15, -0.1) is 0 Å². The molecule has 3 aromatic rings. The van der Waals surface area contributed by atoms with E-state index in [2.05, 4.69) is 31.8 Å². The third-order valence-electron chi connectivity index (χ3n) is 6.68. The minimum Gasteiger partial charge on any atom is -0.465 e. The average molecular weight is 532 g/mol. The molecule has 39 heavy (non-hydrogen) atoms. The molecule has 1 aromatic carbocycles. The van der Waals surface area contributed by atoms with Crippen LogP contribution in [0.15, 0.2) is 35.0 Å². The Kier molecular flexibility index (Phi) is 8.14. The number of aromatic nitrogens is 3. The van der Waals surface area contributed by atoms with Gasteiger partial charge in [0.1, 0.15) is 17.9 Å². The van der Waals surface area contributed by atoms with E-state index in [1.165, 1.54) is 0 Å². The highest BCUT2D eigenvalue weighted by Crippen LogP contribution is 2.28. The first kappa shape index (κ1) is 27.6. The largest absolute Gasteiger partial charge is 0.465 e. The van der Waals surface area contributed by atoms with Gasteiger partial charge in [0, 0.05) is 31.4 Å². The molecule has 0 aliphatic carbocycles. The lowest BCUT2D eigenvalue weighted by molar-refractivity contribution is -0.135. The van der Waals surface area contributed by atoms with Crippen molar-refractivity contribution >= 4 is 17.8 Å². The summed E-state index contributed by atoms with van der Waals surface area (Å²) in [5.74, 6) is 0.979. The highest BCUT2D eigenvalue weighted by atomic mass is 16.5. The van der Waals surface area contributed by atoms with Gasteiger partial charge < -0.3 is 25.2 Å². The molecule has 0 saturated carbocycles. The van der Waals surface area contributed by atoms with Crippen molar-refractivity contribution in [3.63, 3.8) is 0 Å². The zero-order valence-corrected chi connectivity index (χ0v) is 22.6. The van der Waals surface area contributed by atoms with Crippen LogP contribution in [0, 0.1) is 16.7 Å². The molecule has 1 unspecified atom stereocenters. The van der Waals surface area contributed by atoms with Crippen molar-refractivity contribution in [2.24, 2.45) is 5.41 Å². The molecule has 0 fully saturated rings. The van der Waals surface area contributed by atoms with Crippen LogP contribution in [0.4, 0.5) is 10.6 Å². The molecule has 3 heterocycles. The number of pyridine rings is 1. The maximum absolute atomic E-state index is 13.3. The summed E-state index contributed by atoms with van der Waals surface area (Å²) in [6.45, 7) is 9.26. The van der Waals surface area contributed by atoms with Crippen molar-refractivity contribution in [3.8, 4) is 28.9 Å². The number of carbonyl (C=O) groups is 2. The van der Waals surface area contributed by atoms with Gasteiger partial charge in [-0.3, -0.25) is 4.79 Å². The van der Waals surface area contributed by atoms with Crippen LogP contribution in [-0.4, -0.2) is 62.8 Å². The summed E-state index contributed by atoms with van der Waals surface area (Å²) in [5, 5.41) is 28.4. The van der Waals surface area contributed by atoms with E-state index in [-0.39, 0.29) is 11.8 Å². The molecule has 2 aromatic heterocycles. The van der Waals surface area contributed by atoms with Crippen LogP contribution >= 0.6 is 0 Å². The number of carbonyl (C=O) groups excluding carboxylic acids is 1. The molecule has 0 bridgehead atoms. The number of anilines is 1. The third-order valence-corrected chi connectivity index (χ3v) is 6.68. The van der Waals surface area contributed by atoms with E-state index >= 15 is 0 Å². The zero-order chi connectivity index (χ0) is 28.2. The van der Waals surface area contributed by atoms with Gasteiger partial charge in [0.25, 0.3) is 5.89 Å². The van der Waals surface area contributed by atoms with Crippen LogP contribution < -0.4 is 10.6 Å². The topological polar surface area (TPSA) is 157 Å². The second kappa shape index (κ2) is 11.5. The first-order chi connectivity index (χ1) is 18.6. The quantitative estimate of drug-likeness (QED) is 0.408. The number of fused-ring (bicyclic) bond motifs is 1. The SMILES string of the molecule is CCCNc1ncc(-c2nc(-c3ccc4c(c3)CCN(C(=O)C(NC(=O)O)C(C)(C)C)CC4)no2)cc1C#N. The van der Waals surface area contributed by atoms with Gasteiger partial charge in [-0.25, -0.2) is 9.78 Å². The number of hydrogen-bond donors (Lipinski definition) is 3. The predicted molar refractivity (Wildman–Crippen MR) is 145 cm³/mol. The first-order valence-electron chi connectivity index (χ1n) is 13.0. The lowest BCUT2D eigenvalue weighted by Gasteiger charge is -2.33. The van der Waals surface area contributed by atoms with Crippen LogP contribution in [0.5, 0.6) is 0 Å². The molecule has 2 amide bonds. The number of benzene rings is 1. The van der Waals surface area contributed by atoms with Crippen molar-refractivity contribution in [2.45, 2.75) is 53.0 Å². The van der Waals surface area contributed by atoms with E-state index in [1.807, 2.05) is 45.9 Å². The third kappa shape index (κ3) is 6.34. The Morgan fingerprint density at radius 1 is 1.18 bits per heavy atom. The zero-order valence-electron chi connectivity index (χ0n) is 22.6. The number of amides is 2. The summed E-state index contributed by atoms with van der Waals surface area (Å²) in [6.07, 6.45) is 2.57. The second-order valence-corrected chi connectivity index (χ2v) is 10.6. The Balaban J connectivity index is 1.51. The minimum absolute atomic E-state index is 0.220. The highest BCUT2D eigenvalue weighted by molar-refractivity contribution is 5.86. The Hall–Kier alpha value is -4.46. The molecule has 0 radical (unpaired) electrons. The van der Waals surface area contributed by atoms with Crippen molar-refractivity contribution in [1.29, 1.82) is 5.26 Å². The Morgan fingerprint density at radius 2 is 1.92 bits per heavy atom. The van der Waals surface area contributed by atoms with E-state index in [9.17, 15) is 20.0 Å². The lowest BCUT2D eigenvalue weighted by atomic mass is 9.86. The van der Waals surface area contributed by atoms with Gasteiger partial charge in [0.2, 0.25) is 11.7 Å². The van der Waals surface area contributed by atoms with E-state index in [0.717, 1.165) is 23.1 Å². The summed E-state index contributed by atoms with van der Waals surface area (Å²) < 4.78 is 5.49. The Labute approximate surface area is 227 Å². The number of hydrogen-bond acceptors (Lipinski definition) is 8. The van der Waals surface area contributed by atoms with Crippen LogP contribution in [0.3, 0.4) is 0 Å². The fraction of sp³-hybridized carbons (Fsp3) is 0.429. The monoisotopic (exact) mass is 531 g/mol. The highest BCUT2D eigenvalue weighted by Gasteiger charge is 2.36. The number of nitrogens with one attached hydrogen (secondary N) is 2. The number of rotatable bonds is 7. The summed E-state index contributed by atoms with van der Waals surface area (Å²) in [5.41, 5.74) is 3.37. The van der Waals surface area contributed by atoms with Crippen molar-refractivity contribution in [2.75, 3.05) is 25.0 Å². The molecule has 1 aliphatic heterocycles. The number of nitriles is 1. The maximum Gasteiger partial charge on any atom is 0.405 e. The Bertz CT molecular complexity index is 1400. The van der Waals surface area contributed by atoms with Gasteiger partial charge in [-0.05, 0) is 47.9 Å². The molecule has 1 aliphatic rings. The number of carboxylic acid groups (broad SMARTS) is 1. The van der Waals surface area contributed by atoms with Gasteiger partial charge in [0.15, 0.2) is 0 Å². The Morgan fingerprint density at radius 3 is 2.59 bits per heavy atom. The van der Waals surface area contributed by atoms with E-state index in [1.54, 1.807) is 17.2 Å². The second-order valence-electron chi connectivity index (χ2n) is 10.6. The van der Waals surface area contributed by atoms with Crippen molar-refractivity contribution < 1.29 is 19.2 Å². The molecular weight excluding hydrogens is 498 g/mol. The summed E-state index contributed by atoms with van der Waals surface area (Å²) in [4.78, 5) is 35.2. The predicted octanol–water partition coefficient (Wildman–Crippen LogP) is 4.10. The van der Waals surface area contributed by atoms with Gasteiger partial charge in [-0.2, -0.15) is 10.2 Å². The number of nitrogens with zero attached hydrogens (tertiary/aromatic N) is 5. The molecule has 0 saturated heterocycles. The first-order valence-corrected chi connectivity index (χ1v) is 13.0. The van der Waals surface area contributed by atoms with Crippen LogP contribution in [-0.2, 0) is 17.6 Å². The van der Waals surface area contributed by atoms with Crippen LogP contribution in [0.25, 0.3) is 22.8 Å². The molecular formula is C28H33N7O4. The van der Waals surface area contributed by atoms with Gasteiger partial charge >= 0.3 is 6.09 Å². The van der Waals surface area contributed by atoms with Gasteiger partial charge in [-0.1, -0.05) is 45.0 Å².